The molecule has 0 aliphatic heterocycles. The fourth-order valence-corrected chi connectivity index (χ4v) is 3.35. The van der Waals surface area contributed by atoms with Crippen LogP contribution in [0.4, 0.5) is 5.69 Å². The lowest BCUT2D eigenvalue weighted by atomic mass is 10.1. The van der Waals surface area contributed by atoms with Crippen LogP contribution in [-0.2, 0) is 0 Å². The number of nitrogens with zero attached hydrogens (tertiary/aromatic N) is 3. The van der Waals surface area contributed by atoms with Crippen LogP contribution in [0.2, 0.25) is 10.0 Å². The first-order valence-electron chi connectivity index (χ1n) is 7.71. The number of rotatable bonds is 6. The van der Waals surface area contributed by atoms with E-state index < -0.39 is 0 Å². The lowest BCUT2D eigenvalue weighted by Gasteiger charge is -2.11. The molecule has 0 amide bonds. The standard InChI is InChI=1S/C17H21Cl2N3OS/c1-6-22(5)9-20-13-7-11(4)14(8-12(13)18)23-17-15(19)16(10(2)3)21-24-17/h7-10H,6H2,1-5H3. The molecule has 4 nitrogen and oxygen atoms in total. The van der Waals surface area contributed by atoms with Gasteiger partial charge in [0.1, 0.15) is 10.8 Å². The maximum absolute atomic E-state index is 6.35. The van der Waals surface area contributed by atoms with Gasteiger partial charge in [-0.05, 0) is 31.4 Å². The third kappa shape index (κ3) is 4.41. The van der Waals surface area contributed by atoms with Crippen LogP contribution < -0.4 is 4.74 Å². The predicted molar refractivity (Wildman–Crippen MR) is 104 cm³/mol. The van der Waals surface area contributed by atoms with Crippen LogP contribution in [0, 0.1) is 6.92 Å². The van der Waals surface area contributed by atoms with Gasteiger partial charge >= 0.3 is 0 Å². The van der Waals surface area contributed by atoms with Crippen molar-refractivity contribution in [2.75, 3.05) is 13.6 Å². The largest absolute Gasteiger partial charge is 0.443 e. The average molecular weight is 386 g/mol. The number of aliphatic imine (C=N–C) groups is 1. The quantitative estimate of drug-likeness (QED) is 0.433. The van der Waals surface area contributed by atoms with E-state index in [9.17, 15) is 0 Å². The molecule has 0 atom stereocenters. The Labute approximate surface area is 157 Å². The Hall–Kier alpha value is -1.30. The zero-order valence-electron chi connectivity index (χ0n) is 14.4. The Morgan fingerprint density at radius 3 is 2.67 bits per heavy atom. The summed E-state index contributed by atoms with van der Waals surface area (Å²) in [6.07, 6.45) is 1.76. The highest BCUT2D eigenvalue weighted by Crippen LogP contribution is 2.41. The molecule has 0 saturated heterocycles. The van der Waals surface area contributed by atoms with Crippen molar-refractivity contribution in [3.63, 3.8) is 0 Å². The van der Waals surface area contributed by atoms with Crippen LogP contribution in [0.5, 0.6) is 10.8 Å². The van der Waals surface area contributed by atoms with E-state index in [1.165, 1.54) is 11.5 Å². The van der Waals surface area contributed by atoms with Crippen molar-refractivity contribution < 1.29 is 4.74 Å². The molecule has 0 fully saturated rings. The first-order valence-corrected chi connectivity index (χ1v) is 9.23. The Morgan fingerprint density at radius 1 is 1.38 bits per heavy atom. The number of hydrogen-bond donors (Lipinski definition) is 0. The van der Waals surface area contributed by atoms with E-state index in [1.807, 2.05) is 38.8 Å². The molecular weight excluding hydrogens is 365 g/mol. The molecule has 24 heavy (non-hydrogen) atoms. The lowest BCUT2D eigenvalue weighted by Crippen LogP contribution is -2.14. The Morgan fingerprint density at radius 2 is 2.08 bits per heavy atom. The summed E-state index contributed by atoms with van der Waals surface area (Å²) < 4.78 is 10.3. The third-order valence-corrected chi connectivity index (χ3v) is 5.04. The summed E-state index contributed by atoms with van der Waals surface area (Å²) in [6, 6.07) is 3.66. The summed E-state index contributed by atoms with van der Waals surface area (Å²) >= 11 is 13.9. The molecule has 0 spiro atoms. The smallest absolute Gasteiger partial charge is 0.219 e. The molecule has 0 aliphatic carbocycles. The molecule has 0 radical (unpaired) electrons. The van der Waals surface area contributed by atoms with E-state index >= 15 is 0 Å². The molecular formula is C17H21Cl2N3OS. The van der Waals surface area contributed by atoms with E-state index in [1.54, 1.807) is 12.4 Å². The molecule has 2 rings (SSSR count). The fourth-order valence-electron chi connectivity index (χ4n) is 1.90. The highest BCUT2D eigenvalue weighted by Gasteiger charge is 2.17. The molecule has 1 aromatic carbocycles. The van der Waals surface area contributed by atoms with Gasteiger partial charge in [0.25, 0.3) is 0 Å². The van der Waals surface area contributed by atoms with Gasteiger partial charge in [-0.2, -0.15) is 4.37 Å². The SMILES string of the molecule is CCN(C)C=Nc1cc(C)c(Oc2snc(C(C)C)c2Cl)cc1Cl. The van der Waals surface area contributed by atoms with Crippen molar-refractivity contribution in [1.82, 2.24) is 9.27 Å². The molecule has 1 aromatic heterocycles. The van der Waals surface area contributed by atoms with Gasteiger partial charge in [-0.15, -0.1) is 0 Å². The Balaban J connectivity index is 2.26. The molecule has 7 heteroatoms. The minimum atomic E-state index is 0.253. The van der Waals surface area contributed by atoms with Crippen molar-refractivity contribution in [2.45, 2.75) is 33.6 Å². The summed E-state index contributed by atoms with van der Waals surface area (Å²) in [7, 11) is 1.96. The first kappa shape index (κ1) is 19.0. The van der Waals surface area contributed by atoms with Gasteiger partial charge < -0.3 is 9.64 Å². The highest BCUT2D eigenvalue weighted by molar-refractivity contribution is 7.08. The molecule has 2 aromatic rings. The zero-order valence-corrected chi connectivity index (χ0v) is 16.8. The van der Waals surface area contributed by atoms with Gasteiger partial charge in [-0.3, -0.25) is 0 Å². The van der Waals surface area contributed by atoms with Crippen molar-refractivity contribution in [2.24, 2.45) is 4.99 Å². The van der Waals surface area contributed by atoms with E-state index in [-0.39, 0.29) is 5.92 Å². The van der Waals surface area contributed by atoms with Gasteiger partial charge in [-0.25, -0.2) is 4.99 Å². The van der Waals surface area contributed by atoms with Crippen LogP contribution in [0.15, 0.2) is 17.1 Å². The Kier molecular flexibility index (Phi) is 6.49. The summed E-state index contributed by atoms with van der Waals surface area (Å²) in [5.41, 5.74) is 2.49. The van der Waals surface area contributed by atoms with E-state index in [2.05, 4.69) is 16.3 Å². The Bertz CT molecular complexity index is 744. The predicted octanol–water partition coefficient (Wildman–Crippen LogP) is 6.29. The maximum atomic E-state index is 6.35. The molecule has 0 aliphatic rings. The van der Waals surface area contributed by atoms with E-state index in [0.29, 0.717) is 26.5 Å². The summed E-state index contributed by atoms with van der Waals surface area (Å²) in [5, 5.41) is 1.68. The van der Waals surface area contributed by atoms with Gasteiger partial charge in [-0.1, -0.05) is 37.0 Å². The van der Waals surface area contributed by atoms with Gasteiger partial charge in [0.05, 0.1) is 22.7 Å². The van der Waals surface area contributed by atoms with Crippen molar-refractivity contribution in [3.8, 4) is 10.8 Å². The molecule has 1 heterocycles. The third-order valence-electron chi connectivity index (χ3n) is 3.52. The molecule has 0 unspecified atom stereocenters. The van der Waals surface area contributed by atoms with Gasteiger partial charge in [0.15, 0.2) is 0 Å². The second-order valence-electron chi connectivity index (χ2n) is 5.81. The number of ether oxygens (including phenoxy) is 1. The van der Waals surface area contributed by atoms with Crippen LogP contribution in [0.3, 0.4) is 0 Å². The number of benzene rings is 1. The maximum Gasteiger partial charge on any atom is 0.219 e. The number of hydrogen-bond acceptors (Lipinski definition) is 4. The lowest BCUT2D eigenvalue weighted by molar-refractivity contribution is 0.492. The first-order chi connectivity index (χ1) is 11.3. The van der Waals surface area contributed by atoms with Crippen molar-refractivity contribution in [3.05, 3.63) is 33.4 Å². The van der Waals surface area contributed by atoms with Crippen LogP contribution in [0.1, 0.15) is 37.9 Å². The molecule has 0 bridgehead atoms. The number of aromatic nitrogens is 1. The normalized spacial score (nSPS) is 11.5. The van der Waals surface area contributed by atoms with Crippen LogP contribution in [-0.4, -0.2) is 29.2 Å². The van der Waals surface area contributed by atoms with Crippen LogP contribution in [0.25, 0.3) is 0 Å². The highest BCUT2D eigenvalue weighted by atomic mass is 35.5. The van der Waals surface area contributed by atoms with Crippen molar-refractivity contribution in [1.29, 1.82) is 0 Å². The summed E-state index contributed by atoms with van der Waals surface area (Å²) in [4.78, 5) is 6.38. The van der Waals surface area contributed by atoms with Gasteiger partial charge in [0, 0.05) is 31.2 Å². The number of halogens is 2. The number of aryl methyl sites for hydroxylation is 1. The van der Waals surface area contributed by atoms with E-state index in [4.69, 9.17) is 27.9 Å². The minimum absolute atomic E-state index is 0.253. The average Bonchev–Trinajstić information content (AvgIpc) is 2.90. The van der Waals surface area contributed by atoms with Gasteiger partial charge in [0.2, 0.25) is 5.06 Å². The second kappa shape index (κ2) is 8.19. The second-order valence-corrected chi connectivity index (χ2v) is 7.33. The van der Waals surface area contributed by atoms with Crippen molar-refractivity contribution >= 4 is 46.8 Å². The molecule has 0 saturated carbocycles. The van der Waals surface area contributed by atoms with E-state index in [0.717, 1.165) is 17.8 Å². The summed E-state index contributed by atoms with van der Waals surface area (Å²) in [5.74, 6) is 0.909. The fraction of sp³-hybridized carbons (Fsp3) is 0.412. The minimum Gasteiger partial charge on any atom is -0.443 e. The summed E-state index contributed by atoms with van der Waals surface area (Å²) in [6.45, 7) is 8.98. The van der Waals surface area contributed by atoms with Crippen LogP contribution >= 0.6 is 34.7 Å². The zero-order chi connectivity index (χ0) is 17.9. The monoisotopic (exact) mass is 385 g/mol. The molecule has 0 N–H and O–H groups in total. The topological polar surface area (TPSA) is 37.7 Å². The molecule has 130 valence electrons.